The molecule has 0 aliphatic heterocycles. The molecule has 22 heavy (non-hydrogen) atoms. The van der Waals surface area contributed by atoms with E-state index < -0.39 is 0 Å². The van der Waals surface area contributed by atoms with Crippen molar-refractivity contribution in [2.45, 2.75) is 26.2 Å². The van der Waals surface area contributed by atoms with Crippen molar-refractivity contribution < 1.29 is 9.59 Å². The maximum atomic E-state index is 13.0. The van der Waals surface area contributed by atoms with Crippen molar-refractivity contribution in [1.29, 1.82) is 0 Å². The number of carbonyl (C=O) groups excluding carboxylic acids is 2. The molecular formula is C19H19NO2. The zero-order valence-electron chi connectivity index (χ0n) is 12.9. The second-order valence-corrected chi connectivity index (χ2v) is 5.63. The summed E-state index contributed by atoms with van der Waals surface area (Å²) in [5.41, 5.74) is 3.52. The van der Waals surface area contributed by atoms with Crippen molar-refractivity contribution in [1.82, 2.24) is 0 Å². The fourth-order valence-electron chi connectivity index (χ4n) is 3.26. The Balaban J connectivity index is 1.99. The molecule has 0 saturated heterocycles. The number of anilines is 1. The highest BCUT2D eigenvalue weighted by molar-refractivity contribution is 6.10. The van der Waals surface area contributed by atoms with Gasteiger partial charge in [-0.15, -0.1) is 0 Å². The van der Waals surface area contributed by atoms with Crippen LogP contribution < -0.4 is 4.90 Å². The zero-order chi connectivity index (χ0) is 15.7. The van der Waals surface area contributed by atoms with Crippen LogP contribution in [0.1, 0.15) is 40.7 Å². The molecule has 0 spiro atoms. The molecule has 1 atom stereocenters. The van der Waals surface area contributed by atoms with Crippen LogP contribution >= 0.6 is 0 Å². The molecule has 2 aromatic carbocycles. The summed E-state index contributed by atoms with van der Waals surface area (Å²) in [4.78, 5) is 27.0. The quantitative estimate of drug-likeness (QED) is 0.865. The largest absolute Gasteiger partial charge is 0.312 e. The van der Waals surface area contributed by atoms with Crippen molar-refractivity contribution >= 4 is 17.4 Å². The lowest BCUT2D eigenvalue weighted by molar-refractivity contribution is -0.119. The molecule has 0 N–H and O–H groups in total. The lowest BCUT2D eigenvalue weighted by Crippen LogP contribution is -2.34. The normalized spacial score (nSPS) is 16.5. The van der Waals surface area contributed by atoms with E-state index in [0.29, 0.717) is 12.1 Å². The highest BCUT2D eigenvalue weighted by atomic mass is 16.2. The highest BCUT2D eigenvalue weighted by Crippen LogP contribution is 2.37. The van der Waals surface area contributed by atoms with Crippen LogP contribution in [-0.4, -0.2) is 18.2 Å². The van der Waals surface area contributed by atoms with Crippen molar-refractivity contribution in [3.63, 3.8) is 0 Å². The molecule has 0 fully saturated rings. The van der Waals surface area contributed by atoms with E-state index in [1.54, 1.807) is 4.90 Å². The van der Waals surface area contributed by atoms with E-state index in [9.17, 15) is 9.59 Å². The molecule has 3 rings (SSSR count). The molecule has 0 radical (unpaired) electrons. The first kappa shape index (κ1) is 14.5. The number of carbonyl (C=O) groups is 2. The summed E-state index contributed by atoms with van der Waals surface area (Å²) in [7, 11) is 0. The van der Waals surface area contributed by atoms with E-state index in [4.69, 9.17) is 0 Å². The van der Waals surface area contributed by atoms with E-state index in [2.05, 4.69) is 0 Å². The van der Waals surface area contributed by atoms with Gasteiger partial charge in [-0.1, -0.05) is 36.4 Å². The minimum absolute atomic E-state index is 0.00935. The van der Waals surface area contributed by atoms with Crippen LogP contribution in [0.2, 0.25) is 0 Å². The first-order valence-electron chi connectivity index (χ1n) is 7.62. The van der Waals surface area contributed by atoms with Gasteiger partial charge in [0.1, 0.15) is 0 Å². The van der Waals surface area contributed by atoms with Crippen LogP contribution in [0.3, 0.4) is 0 Å². The van der Waals surface area contributed by atoms with Gasteiger partial charge in [-0.05, 0) is 37.1 Å². The van der Waals surface area contributed by atoms with Crippen LogP contribution in [0.4, 0.5) is 5.69 Å². The Labute approximate surface area is 130 Å². The second-order valence-electron chi connectivity index (χ2n) is 5.63. The summed E-state index contributed by atoms with van der Waals surface area (Å²) in [6.45, 7) is 4.52. The molecule has 1 unspecified atom stereocenters. The molecule has 2 aromatic rings. The van der Waals surface area contributed by atoms with Gasteiger partial charge < -0.3 is 4.90 Å². The molecule has 0 bridgehead atoms. The van der Waals surface area contributed by atoms with E-state index in [0.717, 1.165) is 16.8 Å². The minimum atomic E-state index is -0.358. The molecule has 1 aliphatic rings. The number of benzene rings is 2. The monoisotopic (exact) mass is 293 g/mol. The van der Waals surface area contributed by atoms with Crippen LogP contribution in [0, 0.1) is 6.92 Å². The number of aryl methyl sites for hydroxylation is 1. The van der Waals surface area contributed by atoms with Crippen LogP contribution in [0.5, 0.6) is 0 Å². The van der Waals surface area contributed by atoms with Gasteiger partial charge in [0.2, 0.25) is 5.91 Å². The summed E-state index contributed by atoms with van der Waals surface area (Å²) in [5, 5.41) is 0. The molecule has 0 heterocycles. The highest BCUT2D eigenvalue weighted by Gasteiger charge is 2.37. The number of ketones is 1. The molecule has 3 nitrogen and oxygen atoms in total. The predicted octanol–water partition coefficient (Wildman–Crippen LogP) is 3.72. The topological polar surface area (TPSA) is 37.4 Å². The van der Waals surface area contributed by atoms with Gasteiger partial charge >= 0.3 is 0 Å². The van der Waals surface area contributed by atoms with Crippen LogP contribution in [0.15, 0.2) is 48.5 Å². The molecule has 0 saturated carbocycles. The van der Waals surface area contributed by atoms with Crippen LogP contribution in [0.25, 0.3) is 0 Å². The summed E-state index contributed by atoms with van der Waals surface area (Å²) >= 11 is 0. The molecule has 112 valence electrons. The number of likely N-dealkylation sites (N-methyl/N-ethyl adjacent to an activating group) is 1. The fraction of sp³-hybridized carbons (Fsp3) is 0.263. The van der Waals surface area contributed by atoms with E-state index >= 15 is 0 Å². The summed E-state index contributed by atoms with van der Waals surface area (Å²) in [5.74, 6) is -0.278. The predicted molar refractivity (Wildman–Crippen MR) is 87.3 cm³/mol. The first-order chi connectivity index (χ1) is 10.6. The first-order valence-corrected chi connectivity index (χ1v) is 7.62. The maximum Gasteiger partial charge on any atom is 0.235 e. The smallest absolute Gasteiger partial charge is 0.235 e. The Morgan fingerprint density at radius 2 is 1.86 bits per heavy atom. The Morgan fingerprint density at radius 3 is 2.55 bits per heavy atom. The molecular weight excluding hydrogens is 274 g/mol. The second kappa shape index (κ2) is 5.76. The number of para-hydroxylation sites is 1. The van der Waals surface area contributed by atoms with E-state index in [1.165, 1.54) is 0 Å². The van der Waals surface area contributed by atoms with Crippen LogP contribution in [-0.2, 0) is 4.79 Å². The SMILES string of the molecule is CCN(C(=O)C1CC(=O)c2cccc(C)c21)c1ccccc1. The number of amides is 1. The molecule has 1 amide bonds. The lowest BCUT2D eigenvalue weighted by Gasteiger charge is -2.25. The average Bonchev–Trinajstić information content (AvgIpc) is 2.88. The minimum Gasteiger partial charge on any atom is -0.312 e. The number of fused-ring (bicyclic) bond motifs is 1. The van der Waals surface area contributed by atoms with Crippen molar-refractivity contribution in [2.75, 3.05) is 11.4 Å². The van der Waals surface area contributed by atoms with Gasteiger partial charge in [0, 0.05) is 24.2 Å². The van der Waals surface area contributed by atoms with E-state index in [1.807, 2.05) is 62.4 Å². The number of rotatable bonds is 3. The third-order valence-electron chi connectivity index (χ3n) is 4.31. The van der Waals surface area contributed by atoms with Crippen molar-refractivity contribution in [3.05, 3.63) is 65.2 Å². The van der Waals surface area contributed by atoms with Crippen molar-refractivity contribution in [2.24, 2.45) is 0 Å². The average molecular weight is 293 g/mol. The Hall–Kier alpha value is -2.42. The summed E-state index contributed by atoms with van der Waals surface area (Å²) in [6, 6.07) is 15.3. The third kappa shape index (κ3) is 2.33. The molecule has 3 heteroatoms. The molecule has 0 aromatic heterocycles. The number of nitrogens with zero attached hydrogens (tertiary/aromatic N) is 1. The summed E-state index contributed by atoms with van der Waals surface area (Å²) < 4.78 is 0. The summed E-state index contributed by atoms with van der Waals surface area (Å²) in [6.07, 6.45) is 0.280. The van der Waals surface area contributed by atoms with Crippen molar-refractivity contribution in [3.8, 4) is 0 Å². The van der Waals surface area contributed by atoms with E-state index in [-0.39, 0.29) is 24.0 Å². The Morgan fingerprint density at radius 1 is 1.14 bits per heavy atom. The number of Topliss-reactive ketones (excluding diaryl/α,β-unsaturated/α-hetero) is 1. The zero-order valence-corrected chi connectivity index (χ0v) is 12.9. The third-order valence-corrected chi connectivity index (χ3v) is 4.31. The lowest BCUT2D eigenvalue weighted by atomic mass is 9.95. The van der Waals surface area contributed by atoms with Gasteiger partial charge in [-0.25, -0.2) is 0 Å². The number of hydrogen-bond donors (Lipinski definition) is 0. The van der Waals surface area contributed by atoms with Gasteiger partial charge in [-0.2, -0.15) is 0 Å². The van der Waals surface area contributed by atoms with Gasteiger partial charge in [0.25, 0.3) is 0 Å². The Bertz CT molecular complexity index is 721. The Kier molecular flexibility index (Phi) is 3.80. The fourth-order valence-corrected chi connectivity index (χ4v) is 3.26. The maximum absolute atomic E-state index is 13.0. The van der Waals surface area contributed by atoms with Gasteiger partial charge in [0.05, 0.1) is 5.92 Å². The van der Waals surface area contributed by atoms with Gasteiger partial charge in [0.15, 0.2) is 5.78 Å². The number of hydrogen-bond acceptors (Lipinski definition) is 2. The standard InChI is InChI=1S/C19H19NO2/c1-3-20(14-9-5-4-6-10-14)19(22)16-12-17(21)15-11-7-8-13(2)18(15)16/h4-11,16H,3,12H2,1-2H3. The van der Waals surface area contributed by atoms with Gasteiger partial charge in [-0.3, -0.25) is 9.59 Å². The molecule has 1 aliphatic carbocycles.